The number of hydrogen-bond donors (Lipinski definition) is 1. The topological polar surface area (TPSA) is 56.8 Å². The molecule has 2 aromatic carbocycles. The maximum atomic E-state index is 12.3. The SMILES string of the molecule is CC1Oc2ccccc2OC1C(=O)NCC#CCOc1ccccc1Cl. The fourth-order valence-corrected chi connectivity index (χ4v) is 2.62. The van der Waals surface area contributed by atoms with Gasteiger partial charge in [0, 0.05) is 0 Å². The molecule has 0 fully saturated rings. The molecule has 2 aromatic rings. The number of nitrogens with one attached hydrogen (secondary N) is 1. The van der Waals surface area contributed by atoms with Crippen molar-refractivity contribution in [3.63, 3.8) is 0 Å². The van der Waals surface area contributed by atoms with Crippen LogP contribution in [0, 0.1) is 11.8 Å². The summed E-state index contributed by atoms with van der Waals surface area (Å²) in [5, 5.41) is 3.26. The number of fused-ring (bicyclic) bond motifs is 1. The van der Waals surface area contributed by atoms with Crippen molar-refractivity contribution in [2.75, 3.05) is 13.2 Å². The Morgan fingerprint density at radius 1 is 1.12 bits per heavy atom. The minimum absolute atomic E-state index is 0.187. The molecule has 0 saturated heterocycles. The second-order valence-electron chi connectivity index (χ2n) is 5.60. The average molecular weight is 372 g/mol. The highest BCUT2D eigenvalue weighted by Crippen LogP contribution is 2.33. The van der Waals surface area contributed by atoms with E-state index in [1.165, 1.54) is 0 Å². The van der Waals surface area contributed by atoms with Gasteiger partial charge in [-0.15, -0.1) is 0 Å². The molecule has 0 radical (unpaired) electrons. The second kappa shape index (κ2) is 8.50. The summed E-state index contributed by atoms with van der Waals surface area (Å²) in [4.78, 5) is 12.3. The van der Waals surface area contributed by atoms with Crippen LogP contribution in [0.25, 0.3) is 0 Å². The summed E-state index contributed by atoms with van der Waals surface area (Å²) in [5.41, 5.74) is 0. The third-order valence-electron chi connectivity index (χ3n) is 3.71. The summed E-state index contributed by atoms with van der Waals surface area (Å²) in [6, 6.07) is 14.4. The van der Waals surface area contributed by atoms with Crippen molar-refractivity contribution in [2.45, 2.75) is 19.1 Å². The van der Waals surface area contributed by atoms with E-state index >= 15 is 0 Å². The van der Waals surface area contributed by atoms with Crippen molar-refractivity contribution in [2.24, 2.45) is 0 Å². The summed E-state index contributed by atoms with van der Waals surface area (Å²) in [7, 11) is 0. The van der Waals surface area contributed by atoms with Crippen LogP contribution in [-0.4, -0.2) is 31.3 Å². The van der Waals surface area contributed by atoms with Gasteiger partial charge in [-0.2, -0.15) is 0 Å². The van der Waals surface area contributed by atoms with Gasteiger partial charge >= 0.3 is 0 Å². The molecule has 2 unspecified atom stereocenters. The highest BCUT2D eigenvalue weighted by Gasteiger charge is 2.33. The molecule has 6 heteroatoms. The van der Waals surface area contributed by atoms with Crippen LogP contribution in [0.15, 0.2) is 48.5 Å². The number of carbonyl (C=O) groups excluding carboxylic acids is 1. The van der Waals surface area contributed by atoms with E-state index in [0.29, 0.717) is 22.3 Å². The zero-order valence-corrected chi connectivity index (χ0v) is 15.0. The van der Waals surface area contributed by atoms with Crippen molar-refractivity contribution in [1.82, 2.24) is 5.32 Å². The van der Waals surface area contributed by atoms with Crippen LogP contribution >= 0.6 is 11.6 Å². The highest BCUT2D eigenvalue weighted by molar-refractivity contribution is 6.32. The van der Waals surface area contributed by atoms with Crippen LogP contribution in [-0.2, 0) is 4.79 Å². The molecule has 1 aliphatic rings. The number of rotatable bonds is 4. The van der Waals surface area contributed by atoms with Crippen LogP contribution in [0.3, 0.4) is 0 Å². The lowest BCUT2D eigenvalue weighted by Crippen LogP contribution is -2.49. The Labute approximate surface area is 157 Å². The van der Waals surface area contributed by atoms with Crippen LogP contribution in [0.2, 0.25) is 5.02 Å². The first-order valence-electron chi connectivity index (χ1n) is 8.18. The van der Waals surface area contributed by atoms with Crippen LogP contribution in [0.4, 0.5) is 0 Å². The third-order valence-corrected chi connectivity index (χ3v) is 4.03. The smallest absolute Gasteiger partial charge is 0.265 e. The van der Waals surface area contributed by atoms with Crippen LogP contribution < -0.4 is 19.5 Å². The molecule has 1 N–H and O–H groups in total. The molecular formula is C20H18ClNO4. The fourth-order valence-electron chi connectivity index (χ4n) is 2.43. The number of benzene rings is 2. The van der Waals surface area contributed by atoms with Crippen LogP contribution in [0.5, 0.6) is 17.2 Å². The Bertz CT molecular complexity index is 843. The maximum Gasteiger partial charge on any atom is 0.265 e. The average Bonchev–Trinajstić information content (AvgIpc) is 2.65. The van der Waals surface area contributed by atoms with E-state index < -0.39 is 6.10 Å². The van der Waals surface area contributed by atoms with Gasteiger partial charge in [0.25, 0.3) is 5.91 Å². The molecule has 1 aliphatic heterocycles. The lowest BCUT2D eigenvalue weighted by molar-refractivity contribution is -0.133. The first-order chi connectivity index (χ1) is 12.6. The Hall–Kier alpha value is -2.84. The predicted molar refractivity (Wildman–Crippen MR) is 98.7 cm³/mol. The van der Waals surface area contributed by atoms with E-state index in [-0.39, 0.29) is 25.2 Å². The molecule has 5 nitrogen and oxygen atoms in total. The lowest BCUT2D eigenvalue weighted by atomic mass is 10.1. The molecule has 0 aromatic heterocycles. The normalized spacial score (nSPS) is 17.6. The third kappa shape index (κ3) is 4.41. The van der Waals surface area contributed by atoms with Gasteiger partial charge in [0.2, 0.25) is 6.10 Å². The first-order valence-corrected chi connectivity index (χ1v) is 8.56. The van der Waals surface area contributed by atoms with Gasteiger partial charge < -0.3 is 19.5 Å². The standard InChI is InChI=1S/C20H18ClNO4/c1-14-19(26-18-11-5-4-10-17(18)25-14)20(23)22-12-6-7-13-24-16-9-3-2-8-15(16)21/h2-5,8-11,14,19H,12-13H2,1H3,(H,22,23). The van der Waals surface area contributed by atoms with E-state index in [1.54, 1.807) is 25.1 Å². The molecule has 0 spiro atoms. The van der Waals surface area contributed by atoms with Gasteiger partial charge in [-0.1, -0.05) is 47.7 Å². The van der Waals surface area contributed by atoms with Crippen molar-refractivity contribution in [3.8, 4) is 29.1 Å². The van der Waals surface area contributed by atoms with Gasteiger partial charge in [0.05, 0.1) is 11.6 Å². The Kier molecular flexibility index (Phi) is 5.88. The zero-order valence-electron chi connectivity index (χ0n) is 14.2. The van der Waals surface area contributed by atoms with Crippen molar-refractivity contribution in [3.05, 3.63) is 53.6 Å². The van der Waals surface area contributed by atoms with Crippen LogP contribution in [0.1, 0.15) is 6.92 Å². The number of ether oxygens (including phenoxy) is 3. The van der Waals surface area contributed by atoms with Gasteiger partial charge in [-0.25, -0.2) is 0 Å². The van der Waals surface area contributed by atoms with Gasteiger partial charge in [0.15, 0.2) is 11.5 Å². The van der Waals surface area contributed by atoms with Gasteiger partial charge in [-0.05, 0) is 31.2 Å². The fraction of sp³-hybridized carbons (Fsp3) is 0.250. The molecule has 26 heavy (non-hydrogen) atoms. The van der Waals surface area contributed by atoms with Gasteiger partial charge in [-0.3, -0.25) is 4.79 Å². The molecule has 1 heterocycles. The number of halogens is 1. The molecule has 0 aliphatic carbocycles. The van der Waals surface area contributed by atoms with Crippen molar-refractivity contribution < 1.29 is 19.0 Å². The minimum atomic E-state index is -0.717. The largest absolute Gasteiger partial charge is 0.482 e. The van der Waals surface area contributed by atoms with E-state index in [2.05, 4.69) is 17.2 Å². The predicted octanol–water partition coefficient (Wildman–Crippen LogP) is 3.07. The Balaban J connectivity index is 1.46. The molecule has 1 amide bonds. The highest BCUT2D eigenvalue weighted by atomic mass is 35.5. The molecule has 134 valence electrons. The Morgan fingerprint density at radius 2 is 1.81 bits per heavy atom. The Morgan fingerprint density at radius 3 is 2.58 bits per heavy atom. The molecular weight excluding hydrogens is 354 g/mol. The van der Waals surface area contributed by atoms with Crippen molar-refractivity contribution in [1.29, 1.82) is 0 Å². The summed E-state index contributed by atoms with van der Waals surface area (Å²) in [6.07, 6.45) is -1.10. The quantitative estimate of drug-likeness (QED) is 0.839. The molecule has 0 bridgehead atoms. The van der Waals surface area contributed by atoms with E-state index in [4.69, 9.17) is 25.8 Å². The number of carbonyl (C=O) groups is 1. The van der Waals surface area contributed by atoms with E-state index in [9.17, 15) is 4.79 Å². The monoisotopic (exact) mass is 371 g/mol. The number of amides is 1. The van der Waals surface area contributed by atoms with Gasteiger partial charge in [0.1, 0.15) is 18.5 Å². The van der Waals surface area contributed by atoms with E-state index in [0.717, 1.165) is 0 Å². The first kappa shape index (κ1) is 18.0. The number of hydrogen-bond acceptors (Lipinski definition) is 4. The molecule has 3 rings (SSSR count). The maximum absolute atomic E-state index is 12.3. The summed E-state index contributed by atoms with van der Waals surface area (Å²) in [5.74, 6) is 7.17. The summed E-state index contributed by atoms with van der Waals surface area (Å²) >= 11 is 5.99. The van der Waals surface area contributed by atoms with Crippen molar-refractivity contribution >= 4 is 17.5 Å². The summed E-state index contributed by atoms with van der Waals surface area (Å²) in [6.45, 7) is 2.18. The zero-order chi connectivity index (χ0) is 18.4. The molecule has 2 atom stereocenters. The number of para-hydroxylation sites is 3. The minimum Gasteiger partial charge on any atom is -0.482 e. The lowest BCUT2D eigenvalue weighted by Gasteiger charge is -2.30. The second-order valence-corrected chi connectivity index (χ2v) is 6.01. The molecule has 0 saturated carbocycles. The van der Waals surface area contributed by atoms with E-state index in [1.807, 2.05) is 30.3 Å². The summed E-state index contributed by atoms with van der Waals surface area (Å²) < 4.78 is 16.9.